The van der Waals surface area contributed by atoms with Crippen molar-refractivity contribution >= 4 is 0 Å². The fraction of sp³-hybridized carbons (Fsp3) is 0.538. The van der Waals surface area contributed by atoms with Gasteiger partial charge in [0.05, 0.1) is 12.2 Å². The van der Waals surface area contributed by atoms with Gasteiger partial charge in [0.15, 0.2) is 0 Å². The molecular formula is C13H19FN2O. The highest BCUT2D eigenvalue weighted by molar-refractivity contribution is 5.19. The van der Waals surface area contributed by atoms with Crippen molar-refractivity contribution in [1.82, 2.24) is 4.90 Å². The molecule has 0 radical (unpaired) electrons. The van der Waals surface area contributed by atoms with Gasteiger partial charge in [-0.3, -0.25) is 4.90 Å². The van der Waals surface area contributed by atoms with E-state index in [-0.39, 0.29) is 18.0 Å². The Morgan fingerprint density at radius 3 is 2.71 bits per heavy atom. The number of nitrogens with zero attached hydrogens (tertiary/aromatic N) is 1. The summed E-state index contributed by atoms with van der Waals surface area (Å²) in [6.07, 6.45) is 0.205. The summed E-state index contributed by atoms with van der Waals surface area (Å²) >= 11 is 0. The molecule has 0 amide bonds. The van der Waals surface area contributed by atoms with Crippen molar-refractivity contribution in [2.75, 3.05) is 26.2 Å². The molecule has 2 atom stereocenters. The fourth-order valence-electron chi connectivity index (χ4n) is 2.27. The highest BCUT2D eigenvalue weighted by Crippen LogP contribution is 2.25. The first kappa shape index (κ1) is 12.5. The van der Waals surface area contributed by atoms with Crippen LogP contribution in [0, 0.1) is 5.82 Å². The molecule has 2 rings (SSSR count). The molecule has 0 saturated carbocycles. The molecule has 3 nitrogen and oxygen atoms in total. The summed E-state index contributed by atoms with van der Waals surface area (Å²) in [5.41, 5.74) is 6.60. The van der Waals surface area contributed by atoms with Crippen molar-refractivity contribution in [2.24, 2.45) is 5.73 Å². The van der Waals surface area contributed by atoms with Crippen LogP contribution in [0.4, 0.5) is 4.39 Å². The summed E-state index contributed by atoms with van der Waals surface area (Å²) in [4.78, 5) is 2.29. The van der Waals surface area contributed by atoms with Crippen LogP contribution in [0.25, 0.3) is 0 Å². The summed E-state index contributed by atoms with van der Waals surface area (Å²) in [5.74, 6) is -0.212. The Balaban J connectivity index is 2.06. The van der Waals surface area contributed by atoms with E-state index in [1.807, 2.05) is 0 Å². The summed E-state index contributed by atoms with van der Waals surface area (Å²) in [7, 11) is 0. The summed E-state index contributed by atoms with van der Waals surface area (Å²) in [5, 5.41) is 0. The minimum absolute atomic E-state index is 0.0194. The molecule has 2 unspecified atom stereocenters. The van der Waals surface area contributed by atoms with Crippen molar-refractivity contribution in [1.29, 1.82) is 0 Å². The molecule has 1 heterocycles. The molecular weight excluding hydrogens is 219 g/mol. The van der Waals surface area contributed by atoms with Crippen molar-refractivity contribution in [3.63, 3.8) is 0 Å². The number of halogens is 1. The van der Waals surface area contributed by atoms with E-state index in [1.54, 1.807) is 12.1 Å². The Kier molecular flexibility index (Phi) is 4.10. The third-order valence-corrected chi connectivity index (χ3v) is 3.02. The third kappa shape index (κ3) is 3.25. The van der Waals surface area contributed by atoms with E-state index in [9.17, 15) is 4.39 Å². The first-order valence-electron chi connectivity index (χ1n) is 6.02. The van der Waals surface area contributed by atoms with Gasteiger partial charge in [0.25, 0.3) is 0 Å². The van der Waals surface area contributed by atoms with Crippen molar-refractivity contribution in [3.05, 3.63) is 35.6 Å². The van der Waals surface area contributed by atoms with Gasteiger partial charge in [0, 0.05) is 26.2 Å². The number of hydrogen-bond donors (Lipinski definition) is 1. The molecule has 94 valence electrons. The second kappa shape index (κ2) is 5.58. The number of morpholine rings is 1. The molecule has 1 aromatic rings. The van der Waals surface area contributed by atoms with Crippen LogP contribution in [0.2, 0.25) is 0 Å². The Morgan fingerprint density at radius 2 is 2.06 bits per heavy atom. The zero-order chi connectivity index (χ0) is 12.3. The minimum atomic E-state index is -0.212. The normalized spacial score (nSPS) is 26.1. The SMILES string of the molecule is CC1CN(CCN)CC(c2ccc(F)cc2)O1. The van der Waals surface area contributed by atoms with E-state index in [1.165, 1.54) is 12.1 Å². The highest BCUT2D eigenvalue weighted by Gasteiger charge is 2.25. The van der Waals surface area contributed by atoms with Gasteiger partial charge < -0.3 is 10.5 Å². The molecule has 0 spiro atoms. The van der Waals surface area contributed by atoms with E-state index in [0.29, 0.717) is 6.54 Å². The van der Waals surface area contributed by atoms with E-state index in [0.717, 1.165) is 25.2 Å². The highest BCUT2D eigenvalue weighted by atomic mass is 19.1. The van der Waals surface area contributed by atoms with Crippen LogP contribution in [-0.4, -0.2) is 37.2 Å². The molecule has 0 aromatic heterocycles. The second-order valence-corrected chi connectivity index (χ2v) is 4.54. The lowest BCUT2D eigenvalue weighted by atomic mass is 10.1. The number of ether oxygens (including phenoxy) is 1. The van der Waals surface area contributed by atoms with Gasteiger partial charge >= 0.3 is 0 Å². The molecule has 1 fully saturated rings. The van der Waals surface area contributed by atoms with E-state index >= 15 is 0 Å². The zero-order valence-corrected chi connectivity index (χ0v) is 10.1. The van der Waals surface area contributed by atoms with Crippen LogP contribution in [0.15, 0.2) is 24.3 Å². The predicted octanol–water partition coefficient (Wildman–Crippen LogP) is 1.55. The summed E-state index contributed by atoms with van der Waals surface area (Å²) < 4.78 is 18.7. The van der Waals surface area contributed by atoms with Gasteiger partial charge in [-0.1, -0.05) is 12.1 Å². The van der Waals surface area contributed by atoms with E-state index in [2.05, 4.69) is 11.8 Å². The Morgan fingerprint density at radius 1 is 1.35 bits per heavy atom. The van der Waals surface area contributed by atoms with Crippen LogP contribution in [0.1, 0.15) is 18.6 Å². The van der Waals surface area contributed by atoms with Crippen LogP contribution < -0.4 is 5.73 Å². The predicted molar refractivity (Wildman–Crippen MR) is 65.2 cm³/mol. The maximum absolute atomic E-state index is 12.9. The summed E-state index contributed by atoms with van der Waals surface area (Å²) in [6, 6.07) is 6.54. The van der Waals surface area contributed by atoms with E-state index in [4.69, 9.17) is 10.5 Å². The quantitative estimate of drug-likeness (QED) is 0.868. The fourth-order valence-corrected chi connectivity index (χ4v) is 2.27. The Labute approximate surface area is 101 Å². The molecule has 1 aromatic carbocycles. The maximum Gasteiger partial charge on any atom is 0.123 e. The number of benzene rings is 1. The third-order valence-electron chi connectivity index (χ3n) is 3.02. The molecule has 17 heavy (non-hydrogen) atoms. The van der Waals surface area contributed by atoms with Crippen LogP contribution in [-0.2, 0) is 4.74 Å². The van der Waals surface area contributed by atoms with Crippen molar-refractivity contribution in [2.45, 2.75) is 19.1 Å². The van der Waals surface area contributed by atoms with Gasteiger partial charge in [-0.15, -0.1) is 0 Å². The zero-order valence-electron chi connectivity index (χ0n) is 10.1. The number of rotatable bonds is 3. The second-order valence-electron chi connectivity index (χ2n) is 4.54. The number of nitrogens with two attached hydrogens (primary N) is 1. The lowest BCUT2D eigenvalue weighted by molar-refractivity contribution is -0.0780. The molecule has 2 N–H and O–H groups in total. The molecule has 1 aliphatic heterocycles. The number of hydrogen-bond acceptors (Lipinski definition) is 3. The van der Waals surface area contributed by atoms with Gasteiger partial charge in [0.1, 0.15) is 5.82 Å². The van der Waals surface area contributed by atoms with Crippen LogP contribution >= 0.6 is 0 Å². The Hall–Kier alpha value is -0.970. The standard InChI is InChI=1S/C13H19FN2O/c1-10-8-16(7-6-15)9-13(17-10)11-2-4-12(14)5-3-11/h2-5,10,13H,6-9,15H2,1H3. The van der Waals surface area contributed by atoms with Gasteiger partial charge in [-0.05, 0) is 24.6 Å². The van der Waals surface area contributed by atoms with Gasteiger partial charge in [-0.2, -0.15) is 0 Å². The minimum Gasteiger partial charge on any atom is -0.368 e. The first-order chi connectivity index (χ1) is 8.19. The molecule has 0 aliphatic carbocycles. The van der Waals surface area contributed by atoms with Crippen LogP contribution in [0.3, 0.4) is 0 Å². The monoisotopic (exact) mass is 238 g/mol. The Bertz CT molecular complexity index is 355. The lowest BCUT2D eigenvalue weighted by Crippen LogP contribution is -2.44. The molecule has 1 aliphatic rings. The average molecular weight is 238 g/mol. The smallest absolute Gasteiger partial charge is 0.123 e. The lowest BCUT2D eigenvalue weighted by Gasteiger charge is -2.36. The average Bonchev–Trinajstić information content (AvgIpc) is 2.29. The molecule has 4 heteroatoms. The summed E-state index contributed by atoms with van der Waals surface area (Å²) in [6.45, 7) is 5.33. The van der Waals surface area contributed by atoms with Gasteiger partial charge in [0.2, 0.25) is 0 Å². The topological polar surface area (TPSA) is 38.5 Å². The largest absolute Gasteiger partial charge is 0.368 e. The first-order valence-corrected chi connectivity index (χ1v) is 6.02. The van der Waals surface area contributed by atoms with Gasteiger partial charge in [-0.25, -0.2) is 4.39 Å². The molecule has 0 bridgehead atoms. The van der Waals surface area contributed by atoms with Crippen LogP contribution in [0.5, 0.6) is 0 Å². The molecule has 1 saturated heterocycles. The van der Waals surface area contributed by atoms with Crippen molar-refractivity contribution in [3.8, 4) is 0 Å². The van der Waals surface area contributed by atoms with E-state index < -0.39 is 0 Å². The van der Waals surface area contributed by atoms with Crippen molar-refractivity contribution < 1.29 is 9.13 Å². The maximum atomic E-state index is 12.9.